The second kappa shape index (κ2) is 5.52. The highest BCUT2D eigenvalue weighted by molar-refractivity contribution is 5.82. The van der Waals surface area contributed by atoms with Gasteiger partial charge in [-0.2, -0.15) is 0 Å². The molecule has 0 spiro atoms. The second-order valence-electron chi connectivity index (χ2n) is 5.48. The lowest BCUT2D eigenvalue weighted by molar-refractivity contribution is -0.132. The average Bonchev–Trinajstić information content (AvgIpc) is 2.90. The van der Waals surface area contributed by atoms with Gasteiger partial charge in [-0.3, -0.25) is 4.79 Å². The smallest absolute Gasteiger partial charge is 0.226 e. The standard InChI is InChI=1S/C13H22N4O/c1-13(2,10-4-3-5-14-8-10)12(18)17-9-11-15-6-7-16-11/h6-7,10,14H,3-5,8-9H2,1-2H3,(H,15,16)(H,17,18). The SMILES string of the molecule is CC(C)(C(=O)NCc1ncc[nH]1)C1CCCNC1. The van der Waals surface area contributed by atoms with Gasteiger partial charge < -0.3 is 15.6 Å². The van der Waals surface area contributed by atoms with Crippen molar-refractivity contribution in [1.82, 2.24) is 20.6 Å². The topological polar surface area (TPSA) is 69.8 Å². The first-order valence-corrected chi connectivity index (χ1v) is 6.58. The van der Waals surface area contributed by atoms with E-state index in [1.54, 1.807) is 12.4 Å². The fourth-order valence-electron chi connectivity index (χ4n) is 2.44. The van der Waals surface area contributed by atoms with E-state index in [0.717, 1.165) is 31.8 Å². The number of carbonyl (C=O) groups is 1. The Morgan fingerprint density at radius 2 is 2.44 bits per heavy atom. The van der Waals surface area contributed by atoms with Gasteiger partial charge in [0, 0.05) is 17.8 Å². The Labute approximate surface area is 108 Å². The predicted octanol–water partition coefficient (Wildman–Crippen LogP) is 1.05. The molecule has 3 N–H and O–H groups in total. The van der Waals surface area contributed by atoms with Crippen LogP contribution in [0.2, 0.25) is 0 Å². The van der Waals surface area contributed by atoms with Crippen molar-refractivity contribution in [3.63, 3.8) is 0 Å². The molecule has 0 saturated carbocycles. The molecule has 1 aromatic rings. The van der Waals surface area contributed by atoms with E-state index < -0.39 is 0 Å². The van der Waals surface area contributed by atoms with Crippen LogP contribution in [0.15, 0.2) is 12.4 Å². The third-order valence-electron chi connectivity index (χ3n) is 3.87. The van der Waals surface area contributed by atoms with Crippen LogP contribution >= 0.6 is 0 Å². The lowest BCUT2D eigenvalue weighted by Gasteiger charge is -2.35. The van der Waals surface area contributed by atoms with E-state index in [1.165, 1.54) is 0 Å². The zero-order valence-electron chi connectivity index (χ0n) is 11.1. The van der Waals surface area contributed by atoms with Crippen LogP contribution < -0.4 is 10.6 Å². The van der Waals surface area contributed by atoms with E-state index in [4.69, 9.17) is 0 Å². The van der Waals surface area contributed by atoms with Gasteiger partial charge in [0.25, 0.3) is 0 Å². The summed E-state index contributed by atoms with van der Waals surface area (Å²) in [7, 11) is 0. The van der Waals surface area contributed by atoms with Gasteiger partial charge in [0.2, 0.25) is 5.91 Å². The first kappa shape index (κ1) is 13.1. The molecule has 2 heterocycles. The quantitative estimate of drug-likeness (QED) is 0.748. The van der Waals surface area contributed by atoms with Gasteiger partial charge in [0.1, 0.15) is 5.82 Å². The van der Waals surface area contributed by atoms with Gasteiger partial charge in [0.05, 0.1) is 6.54 Å². The van der Waals surface area contributed by atoms with Crippen molar-refractivity contribution < 1.29 is 4.79 Å². The van der Waals surface area contributed by atoms with Crippen LogP contribution in [0.1, 0.15) is 32.5 Å². The molecule has 0 aliphatic carbocycles. The predicted molar refractivity (Wildman–Crippen MR) is 69.8 cm³/mol. The van der Waals surface area contributed by atoms with Crippen molar-refractivity contribution in [3.05, 3.63) is 18.2 Å². The summed E-state index contributed by atoms with van der Waals surface area (Å²) in [5.74, 6) is 1.30. The Morgan fingerprint density at radius 3 is 3.06 bits per heavy atom. The van der Waals surface area contributed by atoms with Crippen molar-refractivity contribution in [1.29, 1.82) is 0 Å². The van der Waals surface area contributed by atoms with Crippen LogP contribution in [0.4, 0.5) is 0 Å². The number of hydrogen-bond donors (Lipinski definition) is 3. The molecule has 1 saturated heterocycles. The third-order valence-corrected chi connectivity index (χ3v) is 3.87. The van der Waals surface area contributed by atoms with E-state index in [-0.39, 0.29) is 11.3 Å². The van der Waals surface area contributed by atoms with Crippen LogP contribution in [-0.2, 0) is 11.3 Å². The summed E-state index contributed by atoms with van der Waals surface area (Å²) in [5.41, 5.74) is -0.333. The summed E-state index contributed by atoms with van der Waals surface area (Å²) in [5, 5.41) is 6.33. The second-order valence-corrected chi connectivity index (χ2v) is 5.48. The molecule has 1 amide bonds. The number of imidazole rings is 1. The Hall–Kier alpha value is -1.36. The fraction of sp³-hybridized carbons (Fsp3) is 0.692. The Morgan fingerprint density at radius 1 is 1.61 bits per heavy atom. The highest BCUT2D eigenvalue weighted by atomic mass is 16.2. The molecular formula is C13H22N4O. The van der Waals surface area contributed by atoms with Gasteiger partial charge >= 0.3 is 0 Å². The van der Waals surface area contributed by atoms with Crippen LogP contribution in [0.25, 0.3) is 0 Å². The molecule has 0 radical (unpaired) electrons. The third kappa shape index (κ3) is 2.90. The Bertz CT molecular complexity index is 380. The summed E-state index contributed by atoms with van der Waals surface area (Å²) in [6.07, 6.45) is 5.73. The average molecular weight is 250 g/mol. The number of aromatic amines is 1. The van der Waals surface area contributed by atoms with Crippen molar-refractivity contribution in [3.8, 4) is 0 Å². The highest BCUT2D eigenvalue weighted by Crippen LogP contribution is 2.31. The summed E-state index contributed by atoms with van der Waals surface area (Å²) in [6, 6.07) is 0. The monoisotopic (exact) mass is 250 g/mol. The van der Waals surface area contributed by atoms with E-state index in [1.807, 2.05) is 13.8 Å². The maximum absolute atomic E-state index is 12.3. The van der Waals surface area contributed by atoms with E-state index in [2.05, 4.69) is 20.6 Å². The van der Waals surface area contributed by atoms with Crippen LogP contribution in [0.3, 0.4) is 0 Å². The van der Waals surface area contributed by atoms with E-state index in [9.17, 15) is 4.79 Å². The van der Waals surface area contributed by atoms with E-state index >= 15 is 0 Å². The van der Waals surface area contributed by atoms with Crippen molar-refractivity contribution >= 4 is 5.91 Å². The number of H-pyrrole nitrogens is 1. The zero-order valence-corrected chi connectivity index (χ0v) is 11.1. The summed E-state index contributed by atoms with van der Waals surface area (Å²) in [6.45, 7) is 6.53. The first-order chi connectivity index (χ1) is 8.60. The molecule has 1 aliphatic rings. The number of carbonyl (C=O) groups excluding carboxylic acids is 1. The number of aromatic nitrogens is 2. The lowest BCUT2D eigenvalue weighted by Crippen LogP contribution is -2.47. The summed E-state index contributed by atoms with van der Waals surface area (Å²) >= 11 is 0. The molecule has 0 aromatic carbocycles. The molecule has 0 bridgehead atoms. The molecule has 100 valence electrons. The maximum Gasteiger partial charge on any atom is 0.226 e. The van der Waals surface area contributed by atoms with Crippen molar-refractivity contribution in [2.45, 2.75) is 33.2 Å². The van der Waals surface area contributed by atoms with Crippen molar-refractivity contribution in [2.24, 2.45) is 11.3 Å². The maximum atomic E-state index is 12.3. The number of piperidine rings is 1. The van der Waals surface area contributed by atoms with Gasteiger partial charge in [-0.15, -0.1) is 0 Å². The van der Waals surface area contributed by atoms with Gasteiger partial charge in [-0.05, 0) is 31.8 Å². The molecule has 1 aliphatic heterocycles. The van der Waals surface area contributed by atoms with Crippen LogP contribution in [0, 0.1) is 11.3 Å². The number of rotatable bonds is 4. The van der Waals surface area contributed by atoms with Crippen molar-refractivity contribution in [2.75, 3.05) is 13.1 Å². The molecule has 1 aromatic heterocycles. The normalized spacial score (nSPS) is 20.7. The van der Waals surface area contributed by atoms with Crippen LogP contribution in [0.5, 0.6) is 0 Å². The molecule has 1 fully saturated rings. The molecule has 1 atom stereocenters. The molecular weight excluding hydrogens is 228 g/mol. The summed E-state index contributed by atoms with van der Waals surface area (Å²) in [4.78, 5) is 19.4. The number of hydrogen-bond acceptors (Lipinski definition) is 3. The minimum Gasteiger partial charge on any atom is -0.348 e. The Kier molecular flexibility index (Phi) is 4.01. The van der Waals surface area contributed by atoms with Gasteiger partial charge in [-0.25, -0.2) is 4.98 Å². The Balaban J connectivity index is 1.89. The molecule has 5 nitrogen and oxygen atoms in total. The van der Waals surface area contributed by atoms with Crippen LogP contribution in [-0.4, -0.2) is 29.0 Å². The summed E-state index contributed by atoms with van der Waals surface area (Å²) < 4.78 is 0. The number of nitrogens with zero attached hydrogens (tertiary/aromatic N) is 1. The highest BCUT2D eigenvalue weighted by Gasteiger charge is 2.37. The van der Waals surface area contributed by atoms with E-state index in [0.29, 0.717) is 12.5 Å². The molecule has 2 rings (SSSR count). The van der Waals surface area contributed by atoms with Gasteiger partial charge in [-0.1, -0.05) is 13.8 Å². The molecule has 18 heavy (non-hydrogen) atoms. The number of amides is 1. The molecule has 1 unspecified atom stereocenters. The first-order valence-electron chi connectivity index (χ1n) is 6.58. The fourth-order valence-corrected chi connectivity index (χ4v) is 2.44. The minimum absolute atomic E-state index is 0.104. The lowest BCUT2D eigenvalue weighted by atomic mass is 9.74. The minimum atomic E-state index is -0.333. The number of nitrogens with one attached hydrogen (secondary N) is 3. The van der Waals surface area contributed by atoms with Gasteiger partial charge in [0.15, 0.2) is 0 Å². The largest absolute Gasteiger partial charge is 0.348 e. The zero-order chi connectivity index (χ0) is 13.0. The molecule has 5 heteroatoms.